The molecule has 0 aliphatic heterocycles. The summed E-state index contributed by atoms with van der Waals surface area (Å²) in [4.78, 5) is 11.6. The first-order valence-electron chi connectivity index (χ1n) is 6.46. The second-order valence-corrected chi connectivity index (χ2v) is 5.78. The highest BCUT2D eigenvalue weighted by molar-refractivity contribution is 5.73. The third-order valence-electron chi connectivity index (χ3n) is 2.79. The molecule has 1 aromatic heterocycles. The Morgan fingerprint density at radius 1 is 1.53 bits per heavy atom. The van der Waals surface area contributed by atoms with Gasteiger partial charge in [-0.15, -0.1) is 0 Å². The van der Waals surface area contributed by atoms with Crippen LogP contribution in [0.4, 0.5) is 4.79 Å². The topological polar surface area (TPSA) is 79.2 Å². The molecule has 0 bridgehead atoms. The quantitative estimate of drug-likeness (QED) is 0.720. The molecule has 0 fully saturated rings. The lowest BCUT2D eigenvalue weighted by Gasteiger charge is -2.26. The van der Waals surface area contributed by atoms with E-state index in [-0.39, 0.29) is 17.6 Å². The molecule has 1 aromatic rings. The van der Waals surface area contributed by atoms with Crippen LogP contribution in [0, 0.1) is 5.41 Å². The van der Waals surface area contributed by atoms with E-state index in [2.05, 4.69) is 15.7 Å². The monoisotopic (exact) mass is 268 g/mol. The molecule has 1 rings (SSSR count). The number of amides is 2. The molecule has 19 heavy (non-hydrogen) atoms. The molecule has 1 heterocycles. The summed E-state index contributed by atoms with van der Waals surface area (Å²) in [6.45, 7) is 6.76. The van der Waals surface area contributed by atoms with Gasteiger partial charge in [-0.25, -0.2) is 4.79 Å². The van der Waals surface area contributed by atoms with E-state index in [9.17, 15) is 9.90 Å². The first kappa shape index (κ1) is 15.5. The zero-order chi connectivity index (χ0) is 14.5. The van der Waals surface area contributed by atoms with Gasteiger partial charge in [0.05, 0.1) is 12.3 Å². The summed E-state index contributed by atoms with van der Waals surface area (Å²) in [5.41, 5.74) is 0.834. The number of nitrogens with one attached hydrogen (secondary N) is 2. The summed E-state index contributed by atoms with van der Waals surface area (Å²) in [5, 5.41) is 19.0. The fourth-order valence-electron chi connectivity index (χ4n) is 2.00. The minimum absolute atomic E-state index is 0.125. The minimum atomic E-state index is -0.366. The standard InChI is InChI=1S/C13H24N4O2/c1-10(18)5-13(2,3)9-15-12(19)14-6-11-7-16-17(4)8-11/h7-8,10,18H,5-6,9H2,1-4H3,(H2,14,15,19). The lowest BCUT2D eigenvalue weighted by Crippen LogP contribution is -2.41. The smallest absolute Gasteiger partial charge is 0.315 e. The number of urea groups is 1. The van der Waals surface area contributed by atoms with E-state index in [0.29, 0.717) is 19.5 Å². The lowest BCUT2D eigenvalue weighted by molar-refractivity contribution is 0.129. The third-order valence-corrected chi connectivity index (χ3v) is 2.79. The van der Waals surface area contributed by atoms with Gasteiger partial charge in [0.25, 0.3) is 0 Å². The van der Waals surface area contributed by atoms with Crippen molar-refractivity contribution < 1.29 is 9.90 Å². The van der Waals surface area contributed by atoms with E-state index in [1.165, 1.54) is 0 Å². The van der Waals surface area contributed by atoms with E-state index in [0.717, 1.165) is 5.56 Å². The van der Waals surface area contributed by atoms with E-state index < -0.39 is 0 Å². The third kappa shape index (κ3) is 6.24. The zero-order valence-corrected chi connectivity index (χ0v) is 12.1. The predicted molar refractivity (Wildman–Crippen MR) is 73.5 cm³/mol. The number of aliphatic hydroxyl groups excluding tert-OH is 1. The zero-order valence-electron chi connectivity index (χ0n) is 12.1. The highest BCUT2D eigenvalue weighted by Gasteiger charge is 2.20. The van der Waals surface area contributed by atoms with Crippen LogP contribution in [0.2, 0.25) is 0 Å². The second kappa shape index (κ2) is 6.56. The molecule has 3 N–H and O–H groups in total. The van der Waals surface area contributed by atoms with E-state index in [1.54, 1.807) is 17.8 Å². The number of carbonyl (C=O) groups excluding carboxylic acids is 1. The highest BCUT2D eigenvalue weighted by atomic mass is 16.3. The first-order valence-corrected chi connectivity index (χ1v) is 6.46. The Labute approximate surface area is 114 Å². The van der Waals surface area contributed by atoms with Gasteiger partial charge < -0.3 is 15.7 Å². The van der Waals surface area contributed by atoms with Crippen LogP contribution < -0.4 is 10.6 Å². The van der Waals surface area contributed by atoms with Gasteiger partial charge in [-0.05, 0) is 18.8 Å². The molecule has 0 saturated heterocycles. The van der Waals surface area contributed by atoms with Crippen LogP contribution in [0.15, 0.2) is 12.4 Å². The molecule has 2 amide bonds. The Morgan fingerprint density at radius 3 is 2.74 bits per heavy atom. The molecule has 0 aliphatic rings. The number of nitrogens with zero attached hydrogens (tertiary/aromatic N) is 2. The van der Waals surface area contributed by atoms with Crippen LogP contribution in [-0.4, -0.2) is 33.6 Å². The number of aromatic nitrogens is 2. The lowest BCUT2D eigenvalue weighted by atomic mass is 9.87. The summed E-state index contributed by atoms with van der Waals surface area (Å²) in [5.74, 6) is 0. The van der Waals surface area contributed by atoms with Gasteiger partial charge in [0.1, 0.15) is 0 Å². The number of carbonyl (C=O) groups is 1. The Bertz CT molecular complexity index is 413. The maximum atomic E-state index is 11.6. The summed E-state index contributed by atoms with van der Waals surface area (Å²) >= 11 is 0. The van der Waals surface area contributed by atoms with Crippen molar-refractivity contribution in [3.8, 4) is 0 Å². The SMILES string of the molecule is CC(O)CC(C)(C)CNC(=O)NCc1cnn(C)c1. The van der Waals surface area contributed by atoms with Crippen molar-refractivity contribution in [1.82, 2.24) is 20.4 Å². The normalized spacial score (nSPS) is 13.1. The van der Waals surface area contributed by atoms with Crippen molar-refractivity contribution in [2.45, 2.75) is 39.8 Å². The van der Waals surface area contributed by atoms with E-state index in [1.807, 2.05) is 27.1 Å². The molecule has 108 valence electrons. The Balaban J connectivity index is 2.28. The molecular weight excluding hydrogens is 244 g/mol. The van der Waals surface area contributed by atoms with Crippen molar-refractivity contribution in [2.75, 3.05) is 6.54 Å². The molecule has 6 nitrogen and oxygen atoms in total. The summed E-state index contributed by atoms with van der Waals surface area (Å²) < 4.78 is 1.70. The molecule has 0 radical (unpaired) electrons. The average molecular weight is 268 g/mol. The van der Waals surface area contributed by atoms with Gasteiger partial charge in [-0.2, -0.15) is 5.10 Å². The van der Waals surface area contributed by atoms with Gasteiger partial charge in [0.15, 0.2) is 0 Å². The first-order chi connectivity index (χ1) is 8.78. The average Bonchev–Trinajstić information content (AvgIpc) is 2.68. The fraction of sp³-hybridized carbons (Fsp3) is 0.692. The molecule has 0 saturated carbocycles. The largest absolute Gasteiger partial charge is 0.393 e. The number of hydrogen-bond acceptors (Lipinski definition) is 3. The number of hydrogen-bond donors (Lipinski definition) is 3. The highest BCUT2D eigenvalue weighted by Crippen LogP contribution is 2.20. The molecule has 0 spiro atoms. The van der Waals surface area contributed by atoms with Crippen LogP contribution in [0.25, 0.3) is 0 Å². The summed E-state index contributed by atoms with van der Waals surface area (Å²) in [6.07, 6.45) is 3.86. The fourth-order valence-corrected chi connectivity index (χ4v) is 2.00. The Kier molecular flexibility index (Phi) is 5.35. The van der Waals surface area contributed by atoms with Crippen LogP contribution in [0.3, 0.4) is 0 Å². The molecular formula is C13H24N4O2. The number of aliphatic hydroxyl groups is 1. The molecule has 0 aliphatic carbocycles. The molecule has 1 unspecified atom stereocenters. The Hall–Kier alpha value is -1.56. The van der Waals surface area contributed by atoms with Crippen molar-refractivity contribution in [3.63, 3.8) is 0 Å². The predicted octanol–water partition coefficient (Wildman–Crippen LogP) is 1.02. The number of aryl methyl sites for hydroxylation is 1. The van der Waals surface area contributed by atoms with Crippen LogP contribution in [0.1, 0.15) is 32.8 Å². The molecule has 0 aromatic carbocycles. The molecule has 1 atom stereocenters. The maximum absolute atomic E-state index is 11.6. The van der Waals surface area contributed by atoms with Gasteiger partial charge >= 0.3 is 6.03 Å². The number of rotatable bonds is 6. The summed E-state index contributed by atoms with van der Waals surface area (Å²) in [7, 11) is 1.84. The summed E-state index contributed by atoms with van der Waals surface area (Å²) in [6, 6.07) is -0.206. The van der Waals surface area contributed by atoms with Crippen molar-refractivity contribution in [2.24, 2.45) is 12.5 Å². The van der Waals surface area contributed by atoms with E-state index >= 15 is 0 Å². The van der Waals surface area contributed by atoms with Crippen molar-refractivity contribution >= 4 is 6.03 Å². The van der Waals surface area contributed by atoms with Gasteiger partial charge in [-0.1, -0.05) is 13.8 Å². The van der Waals surface area contributed by atoms with Crippen molar-refractivity contribution in [3.05, 3.63) is 18.0 Å². The molecule has 6 heteroatoms. The maximum Gasteiger partial charge on any atom is 0.315 e. The van der Waals surface area contributed by atoms with E-state index in [4.69, 9.17) is 0 Å². The van der Waals surface area contributed by atoms with Crippen molar-refractivity contribution in [1.29, 1.82) is 0 Å². The minimum Gasteiger partial charge on any atom is -0.393 e. The second-order valence-electron chi connectivity index (χ2n) is 5.78. The van der Waals surface area contributed by atoms with Crippen LogP contribution in [0.5, 0.6) is 0 Å². The van der Waals surface area contributed by atoms with Gasteiger partial charge in [-0.3, -0.25) is 4.68 Å². The van der Waals surface area contributed by atoms with Gasteiger partial charge in [0, 0.05) is 31.9 Å². The van der Waals surface area contributed by atoms with Crippen LogP contribution in [-0.2, 0) is 13.6 Å². The van der Waals surface area contributed by atoms with Gasteiger partial charge in [0.2, 0.25) is 0 Å². The van der Waals surface area contributed by atoms with Crippen LogP contribution >= 0.6 is 0 Å². The Morgan fingerprint density at radius 2 is 2.21 bits per heavy atom.